The molecule has 12 heavy (non-hydrogen) atoms. The summed E-state index contributed by atoms with van der Waals surface area (Å²) in [5.41, 5.74) is 1.17. The molecule has 0 saturated heterocycles. The van der Waals surface area contributed by atoms with Crippen LogP contribution in [-0.4, -0.2) is 6.61 Å². The minimum absolute atomic E-state index is 0. The first-order valence-electron chi connectivity index (χ1n) is 3.35. The predicted octanol–water partition coefficient (Wildman–Crippen LogP) is 2.17. The van der Waals surface area contributed by atoms with Crippen molar-refractivity contribution in [2.75, 3.05) is 6.61 Å². The largest absolute Gasteiger partial charge is 0.489 e. The SMILES string of the molecule is C1=Cc2ccccc2OC1.[C].[Fe]. The van der Waals surface area contributed by atoms with E-state index in [1.165, 1.54) is 5.56 Å². The van der Waals surface area contributed by atoms with Gasteiger partial charge in [0, 0.05) is 30.1 Å². The van der Waals surface area contributed by atoms with Crippen molar-refractivity contribution in [3.63, 3.8) is 0 Å². The van der Waals surface area contributed by atoms with Crippen molar-refractivity contribution in [1.82, 2.24) is 0 Å². The van der Waals surface area contributed by atoms with E-state index in [2.05, 4.69) is 6.08 Å². The third kappa shape index (κ3) is 2.13. The van der Waals surface area contributed by atoms with E-state index in [1.807, 2.05) is 30.3 Å². The summed E-state index contributed by atoms with van der Waals surface area (Å²) in [7, 11) is 0. The summed E-state index contributed by atoms with van der Waals surface area (Å²) in [6, 6.07) is 8.03. The van der Waals surface area contributed by atoms with Gasteiger partial charge >= 0.3 is 0 Å². The minimum atomic E-state index is 0. The first-order valence-corrected chi connectivity index (χ1v) is 3.35. The van der Waals surface area contributed by atoms with E-state index in [-0.39, 0.29) is 24.5 Å². The number of fused-ring (bicyclic) bond motifs is 1. The summed E-state index contributed by atoms with van der Waals surface area (Å²) in [6.45, 7) is 0.705. The Kier molecular flexibility index (Phi) is 4.72. The fourth-order valence-electron chi connectivity index (χ4n) is 1.06. The molecule has 0 aromatic heterocycles. The Balaban J connectivity index is 0.000000605. The summed E-state index contributed by atoms with van der Waals surface area (Å²) in [5.74, 6) is 0.991. The molecule has 0 saturated carbocycles. The van der Waals surface area contributed by atoms with E-state index < -0.39 is 0 Å². The molecule has 1 nitrogen and oxygen atoms in total. The molecule has 0 fully saturated rings. The zero-order valence-electron chi connectivity index (χ0n) is 6.43. The van der Waals surface area contributed by atoms with E-state index in [0.29, 0.717) is 6.61 Å². The Bertz CT molecular complexity index is 268. The van der Waals surface area contributed by atoms with Crippen molar-refractivity contribution in [2.45, 2.75) is 0 Å². The molecule has 1 heterocycles. The molecule has 1 aliphatic heterocycles. The number of benzene rings is 1. The molecular weight excluding hydrogens is 192 g/mol. The zero-order chi connectivity index (χ0) is 6.81. The monoisotopic (exact) mass is 200 g/mol. The third-order valence-corrected chi connectivity index (χ3v) is 1.55. The van der Waals surface area contributed by atoms with E-state index >= 15 is 0 Å². The maximum absolute atomic E-state index is 5.34. The van der Waals surface area contributed by atoms with Crippen molar-refractivity contribution >= 4 is 6.08 Å². The standard InChI is InChI=1S/C9H8O.C.Fe/c1-2-6-9-8(4-1)5-3-7-10-9;;/h1-6H,7H2;;. The van der Waals surface area contributed by atoms with Gasteiger partial charge in [-0.05, 0) is 12.1 Å². The molecule has 0 bridgehead atoms. The van der Waals surface area contributed by atoms with Crippen LogP contribution in [0.1, 0.15) is 5.56 Å². The van der Waals surface area contributed by atoms with Crippen LogP contribution < -0.4 is 4.74 Å². The van der Waals surface area contributed by atoms with Gasteiger partial charge in [0.2, 0.25) is 0 Å². The third-order valence-electron chi connectivity index (χ3n) is 1.55. The number of rotatable bonds is 0. The minimum Gasteiger partial charge on any atom is -0.489 e. The Morgan fingerprint density at radius 1 is 1.17 bits per heavy atom. The van der Waals surface area contributed by atoms with Crippen LogP contribution in [0.5, 0.6) is 5.75 Å². The Morgan fingerprint density at radius 3 is 2.67 bits per heavy atom. The van der Waals surface area contributed by atoms with Crippen LogP contribution in [0.15, 0.2) is 30.3 Å². The average Bonchev–Trinajstić information content (AvgIpc) is 2.05. The molecule has 4 radical (unpaired) electrons. The normalized spacial score (nSPS) is 11.7. The van der Waals surface area contributed by atoms with Crippen LogP contribution in [0.2, 0.25) is 0 Å². The van der Waals surface area contributed by atoms with Gasteiger partial charge in [0.1, 0.15) is 12.4 Å². The second-order valence-corrected chi connectivity index (χ2v) is 2.25. The molecule has 0 aliphatic carbocycles. The predicted molar refractivity (Wildman–Crippen MR) is 44.2 cm³/mol. The molecule has 0 atom stereocenters. The van der Waals surface area contributed by atoms with Crippen molar-refractivity contribution < 1.29 is 21.8 Å². The fraction of sp³-hybridized carbons (Fsp3) is 0.100. The van der Waals surface area contributed by atoms with Crippen LogP contribution in [0, 0.1) is 7.43 Å². The Morgan fingerprint density at radius 2 is 1.92 bits per heavy atom. The molecule has 0 spiro atoms. The second kappa shape index (κ2) is 5.02. The summed E-state index contributed by atoms with van der Waals surface area (Å²) in [5, 5.41) is 0. The number of para-hydroxylation sites is 1. The van der Waals surface area contributed by atoms with Crippen LogP contribution in [0.4, 0.5) is 0 Å². The van der Waals surface area contributed by atoms with E-state index in [4.69, 9.17) is 4.74 Å². The molecule has 2 heteroatoms. The number of ether oxygens (including phenoxy) is 1. The summed E-state index contributed by atoms with van der Waals surface area (Å²) >= 11 is 0. The van der Waals surface area contributed by atoms with Gasteiger partial charge in [0.15, 0.2) is 0 Å². The first-order chi connectivity index (χ1) is 4.97. The van der Waals surface area contributed by atoms with Gasteiger partial charge in [-0.25, -0.2) is 0 Å². The van der Waals surface area contributed by atoms with Gasteiger partial charge in [0.25, 0.3) is 0 Å². The molecule has 1 aromatic carbocycles. The molecule has 62 valence electrons. The van der Waals surface area contributed by atoms with Crippen molar-refractivity contribution in [2.24, 2.45) is 0 Å². The smallest absolute Gasteiger partial charge is 0.126 e. The Hall–Kier alpha value is -0.721. The first kappa shape index (κ1) is 11.3. The van der Waals surface area contributed by atoms with Crippen molar-refractivity contribution in [3.05, 3.63) is 43.3 Å². The van der Waals surface area contributed by atoms with Gasteiger partial charge in [-0.15, -0.1) is 0 Å². The quantitative estimate of drug-likeness (QED) is 0.583. The second-order valence-electron chi connectivity index (χ2n) is 2.25. The van der Waals surface area contributed by atoms with Crippen LogP contribution in [-0.2, 0) is 17.1 Å². The van der Waals surface area contributed by atoms with Crippen molar-refractivity contribution in [1.29, 1.82) is 0 Å². The van der Waals surface area contributed by atoms with Crippen LogP contribution in [0.25, 0.3) is 6.08 Å². The number of hydrogen-bond acceptors (Lipinski definition) is 1. The van der Waals surface area contributed by atoms with Gasteiger partial charge in [-0.1, -0.05) is 24.3 Å². The van der Waals surface area contributed by atoms with Gasteiger partial charge in [-0.3, -0.25) is 0 Å². The van der Waals surface area contributed by atoms with Crippen molar-refractivity contribution in [3.8, 4) is 5.75 Å². The van der Waals surface area contributed by atoms with Gasteiger partial charge in [0.05, 0.1) is 0 Å². The van der Waals surface area contributed by atoms with Gasteiger partial charge < -0.3 is 4.74 Å². The summed E-state index contributed by atoms with van der Waals surface area (Å²) in [4.78, 5) is 0. The molecule has 2 rings (SSSR count). The van der Waals surface area contributed by atoms with Crippen LogP contribution >= 0.6 is 0 Å². The molecular formula is C10H8FeO. The van der Waals surface area contributed by atoms with E-state index in [1.54, 1.807) is 0 Å². The van der Waals surface area contributed by atoms with Gasteiger partial charge in [-0.2, -0.15) is 0 Å². The molecule has 0 unspecified atom stereocenters. The summed E-state index contributed by atoms with van der Waals surface area (Å²) in [6.07, 6.45) is 4.10. The maximum atomic E-state index is 5.34. The number of hydrogen-bond donors (Lipinski definition) is 0. The molecule has 1 aromatic rings. The molecule has 0 amide bonds. The summed E-state index contributed by atoms with van der Waals surface area (Å²) < 4.78 is 5.34. The Labute approximate surface area is 83.9 Å². The zero-order valence-corrected chi connectivity index (χ0v) is 7.54. The van der Waals surface area contributed by atoms with E-state index in [9.17, 15) is 0 Å². The van der Waals surface area contributed by atoms with Crippen LogP contribution in [0.3, 0.4) is 0 Å². The maximum Gasteiger partial charge on any atom is 0.126 e. The molecule has 1 aliphatic rings. The molecule has 0 N–H and O–H groups in total. The average molecular weight is 200 g/mol. The van der Waals surface area contributed by atoms with E-state index in [0.717, 1.165) is 5.75 Å². The topological polar surface area (TPSA) is 9.23 Å². The fourth-order valence-corrected chi connectivity index (χ4v) is 1.06.